The maximum atomic E-state index is 2.75. The Kier molecular flexibility index (Phi) is 6.99. The molecular weight excluding hydrogens is 572 g/mol. The summed E-state index contributed by atoms with van der Waals surface area (Å²) in [6.45, 7) is 2.75. The predicted molar refractivity (Wildman–Crippen MR) is 172 cm³/mol. The molecule has 0 atom stereocenters. The van der Waals surface area contributed by atoms with Crippen LogP contribution < -0.4 is 3.27 Å². The van der Waals surface area contributed by atoms with Crippen molar-refractivity contribution >= 4 is 3.27 Å². The first-order valence-corrected chi connectivity index (χ1v) is 23.3. The van der Waals surface area contributed by atoms with E-state index in [4.69, 9.17) is 0 Å². The molecule has 1 saturated carbocycles. The van der Waals surface area contributed by atoms with Crippen LogP contribution in [0.2, 0.25) is 3.12 Å². The van der Waals surface area contributed by atoms with Gasteiger partial charge in [0, 0.05) is 0 Å². The van der Waals surface area contributed by atoms with Crippen LogP contribution in [0.3, 0.4) is 0 Å². The SMILES string of the molecule is C[C]1([Zr]([CH2]c2ccccc2)([CH2]c2ccccc2)([CH2]c2ccccc2)[c]2cccc3c2Cc2ccccc2-3)CCCC1. The van der Waals surface area contributed by atoms with E-state index in [0.29, 0.717) is 3.12 Å². The van der Waals surface area contributed by atoms with Gasteiger partial charge in [0.25, 0.3) is 0 Å². The van der Waals surface area contributed by atoms with Crippen molar-refractivity contribution in [2.24, 2.45) is 0 Å². The zero-order valence-electron chi connectivity index (χ0n) is 24.4. The minimum atomic E-state index is -4.25. The molecule has 0 aliphatic heterocycles. The summed E-state index contributed by atoms with van der Waals surface area (Å²) in [5.41, 5.74) is 10.7. The first kappa shape index (κ1) is 26.9. The Morgan fingerprint density at radius 2 is 0.976 bits per heavy atom. The van der Waals surface area contributed by atoms with Gasteiger partial charge in [0.1, 0.15) is 0 Å². The van der Waals surface area contributed by atoms with Gasteiger partial charge in [0.15, 0.2) is 0 Å². The fourth-order valence-corrected chi connectivity index (χ4v) is 33.3. The van der Waals surface area contributed by atoms with E-state index in [1.165, 1.54) is 71.5 Å². The molecule has 0 saturated heterocycles. The third kappa shape index (κ3) is 4.44. The van der Waals surface area contributed by atoms with Gasteiger partial charge in [0.2, 0.25) is 0 Å². The van der Waals surface area contributed by atoms with Crippen LogP contribution in [0.15, 0.2) is 133 Å². The van der Waals surface area contributed by atoms with Crippen LogP contribution in [0, 0.1) is 0 Å². The Balaban J connectivity index is 1.60. The Bertz CT molecular complexity index is 1540. The van der Waals surface area contributed by atoms with Crippen molar-refractivity contribution in [1.29, 1.82) is 0 Å². The van der Waals surface area contributed by atoms with Crippen LogP contribution in [0.4, 0.5) is 0 Å². The standard InChI is InChI=1S/C13H9.3C7H7.C6H11.Zr/c1-3-7-12-10(5-1)9-11-6-2-4-8-13(11)12;3*1-7-5-3-2-4-6-7;1-6-4-2-3-5-6;/h1-5,7-8H,9H2;3*2-6H,1H2;2-5H2,1H3;. The molecule has 1 heteroatoms. The van der Waals surface area contributed by atoms with E-state index in [1.807, 2.05) is 0 Å². The Hall–Kier alpha value is -3.02. The molecule has 0 heterocycles. The fourth-order valence-electron chi connectivity index (χ4n) is 9.29. The molecule has 1 fully saturated rings. The zero-order valence-corrected chi connectivity index (χ0v) is 26.8. The number of fused-ring (bicyclic) bond motifs is 3. The maximum absolute atomic E-state index is 4.25. The van der Waals surface area contributed by atoms with Gasteiger partial charge < -0.3 is 0 Å². The molecule has 0 unspecified atom stereocenters. The average molecular weight is 613 g/mol. The van der Waals surface area contributed by atoms with E-state index in [-0.39, 0.29) is 0 Å². The van der Waals surface area contributed by atoms with Gasteiger partial charge in [-0.1, -0.05) is 0 Å². The zero-order chi connectivity index (χ0) is 27.8. The predicted octanol–water partition coefficient (Wildman–Crippen LogP) is 9.93. The first-order chi connectivity index (χ1) is 20.1. The van der Waals surface area contributed by atoms with E-state index in [2.05, 4.69) is 140 Å². The van der Waals surface area contributed by atoms with Crippen molar-refractivity contribution in [1.82, 2.24) is 0 Å². The molecule has 2 aliphatic carbocycles. The summed E-state index contributed by atoms with van der Waals surface area (Å²) >= 11 is -4.25. The Morgan fingerprint density at radius 1 is 0.512 bits per heavy atom. The molecular formula is C40H41Zr. The molecule has 7 rings (SSSR count). The Labute approximate surface area is 247 Å². The summed E-state index contributed by atoms with van der Waals surface area (Å²) in [5, 5.41) is 0. The molecule has 5 aromatic rings. The normalized spacial score (nSPS) is 16.5. The van der Waals surface area contributed by atoms with Crippen molar-refractivity contribution in [3.05, 3.63) is 161 Å². The van der Waals surface area contributed by atoms with Crippen LogP contribution in [0.5, 0.6) is 0 Å². The van der Waals surface area contributed by atoms with Crippen LogP contribution >= 0.6 is 0 Å². The Morgan fingerprint density at radius 3 is 1.51 bits per heavy atom. The van der Waals surface area contributed by atoms with Gasteiger partial charge in [-0.05, 0) is 0 Å². The fraction of sp³-hybridized carbons (Fsp3) is 0.250. The first-order valence-electron chi connectivity index (χ1n) is 15.6. The van der Waals surface area contributed by atoms with Crippen LogP contribution in [0.25, 0.3) is 11.1 Å². The van der Waals surface area contributed by atoms with E-state index < -0.39 is 18.8 Å². The van der Waals surface area contributed by atoms with Crippen molar-refractivity contribution in [3.63, 3.8) is 0 Å². The minimum absolute atomic E-state index is 0.326. The molecule has 0 nitrogen and oxygen atoms in total. The van der Waals surface area contributed by atoms with Gasteiger partial charge in [-0.25, -0.2) is 0 Å². The van der Waals surface area contributed by atoms with Gasteiger partial charge >= 0.3 is 249 Å². The monoisotopic (exact) mass is 611 g/mol. The number of hydrogen-bond donors (Lipinski definition) is 0. The van der Waals surface area contributed by atoms with E-state index >= 15 is 0 Å². The molecule has 0 spiro atoms. The molecule has 41 heavy (non-hydrogen) atoms. The van der Waals surface area contributed by atoms with E-state index in [1.54, 1.807) is 8.83 Å². The summed E-state index contributed by atoms with van der Waals surface area (Å²) in [7, 11) is 0. The summed E-state index contributed by atoms with van der Waals surface area (Å²) in [6.07, 6.45) is 6.48. The van der Waals surface area contributed by atoms with Crippen molar-refractivity contribution in [2.45, 2.75) is 54.5 Å². The summed E-state index contributed by atoms with van der Waals surface area (Å²) in [6, 6.07) is 51.4. The molecule has 0 aromatic heterocycles. The van der Waals surface area contributed by atoms with Crippen molar-refractivity contribution < 1.29 is 18.8 Å². The third-order valence-corrected chi connectivity index (χ3v) is 34.2. The van der Waals surface area contributed by atoms with Gasteiger partial charge in [-0.3, -0.25) is 0 Å². The second-order valence-corrected chi connectivity index (χ2v) is 29.8. The number of rotatable bonds is 8. The second-order valence-electron chi connectivity index (χ2n) is 13.4. The van der Waals surface area contributed by atoms with Gasteiger partial charge in [0.05, 0.1) is 0 Å². The molecule has 0 N–H and O–H groups in total. The van der Waals surface area contributed by atoms with E-state index in [0.717, 1.165) is 6.42 Å². The molecule has 0 amide bonds. The van der Waals surface area contributed by atoms with Crippen LogP contribution in [-0.4, -0.2) is 0 Å². The van der Waals surface area contributed by atoms with E-state index in [9.17, 15) is 0 Å². The van der Waals surface area contributed by atoms with Gasteiger partial charge in [-0.15, -0.1) is 0 Å². The molecule has 205 valence electrons. The quantitative estimate of drug-likeness (QED) is 0.160. The van der Waals surface area contributed by atoms with Crippen LogP contribution in [0.1, 0.15) is 60.4 Å². The number of hydrogen-bond acceptors (Lipinski definition) is 0. The summed E-state index contributed by atoms with van der Waals surface area (Å²) in [4.78, 5) is 0. The summed E-state index contributed by atoms with van der Waals surface area (Å²) < 4.78 is 5.81. The average Bonchev–Trinajstić information content (AvgIpc) is 3.63. The third-order valence-electron chi connectivity index (χ3n) is 11.3. The number of benzene rings is 5. The second kappa shape index (κ2) is 10.7. The molecule has 0 bridgehead atoms. The van der Waals surface area contributed by atoms with Gasteiger partial charge in [-0.2, -0.15) is 0 Å². The molecule has 5 aromatic carbocycles. The molecule has 0 radical (unpaired) electrons. The topological polar surface area (TPSA) is 0 Å². The molecule has 2 aliphatic rings. The van der Waals surface area contributed by atoms with Crippen LogP contribution in [-0.2, 0) is 37.6 Å². The summed E-state index contributed by atoms with van der Waals surface area (Å²) in [5.74, 6) is 0. The van der Waals surface area contributed by atoms with Crippen molar-refractivity contribution in [2.75, 3.05) is 0 Å². The van der Waals surface area contributed by atoms with Crippen molar-refractivity contribution in [3.8, 4) is 11.1 Å².